The van der Waals surface area contributed by atoms with Crippen LogP contribution < -0.4 is 5.32 Å². The maximum absolute atomic E-state index is 13.0. The smallest absolute Gasteiger partial charge is 0.436 e. The predicted molar refractivity (Wildman–Crippen MR) is 110 cm³/mol. The van der Waals surface area contributed by atoms with Crippen molar-refractivity contribution in [2.75, 3.05) is 11.9 Å². The summed E-state index contributed by atoms with van der Waals surface area (Å²) < 4.78 is 45.1. The van der Waals surface area contributed by atoms with Gasteiger partial charge in [-0.3, -0.25) is 9.48 Å². The Morgan fingerprint density at radius 3 is 2.60 bits per heavy atom. The molecule has 0 spiro atoms. The maximum Gasteiger partial charge on any atom is 0.436 e. The number of fused-ring (bicyclic) bond motifs is 1. The van der Waals surface area contributed by atoms with Crippen molar-refractivity contribution in [2.45, 2.75) is 58.7 Å². The number of halogens is 4. The number of amides is 1. The maximum atomic E-state index is 13.0. The van der Waals surface area contributed by atoms with Gasteiger partial charge >= 0.3 is 12.1 Å². The first-order valence-corrected chi connectivity index (χ1v) is 11.2. The number of thiophene rings is 1. The molecular weight excluding hydrogens is 487 g/mol. The number of carbonyl (C=O) groups excluding carboxylic acids is 2. The average Bonchev–Trinajstić information content (AvgIpc) is 3.02. The van der Waals surface area contributed by atoms with Gasteiger partial charge in [-0.15, -0.1) is 11.3 Å². The Morgan fingerprint density at radius 1 is 1.27 bits per heavy atom. The van der Waals surface area contributed by atoms with E-state index in [1.807, 2.05) is 0 Å². The first-order valence-electron chi connectivity index (χ1n) is 9.55. The zero-order chi connectivity index (χ0) is 22.1. The Morgan fingerprint density at radius 2 is 1.97 bits per heavy atom. The van der Waals surface area contributed by atoms with Gasteiger partial charge in [-0.05, 0) is 61.0 Å². The van der Waals surface area contributed by atoms with Crippen LogP contribution in [0.3, 0.4) is 0 Å². The van der Waals surface area contributed by atoms with Gasteiger partial charge in [0.1, 0.15) is 11.5 Å². The molecule has 0 saturated heterocycles. The highest BCUT2D eigenvalue weighted by Gasteiger charge is 2.38. The second-order valence-corrected chi connectivity index (χ2v) is 8.84. The Labute approximate surface area is 183 Å². The molecule has 11 heteroatoms. The number of rotatable bonds is 5. The SMILES string of the molecule is CCOC(=O)c1c(NC(=O)Cn2nc(C(F)(F)F)c(Br)c2C)sc2c1CCCCC2. The van der Waals surface area contributed by atoms with Gasteiger partial charge in [0.05, 0.1) is 22.3 Å². The second kappa shape index (κ2) is 9.09. The lowest BCUT2D eigenvalue weighted by Gasteiger charge is -2.09. The fourth-order valence-corrected chi connectivity index (χ4v) is 5.21. The van der Waals surface area contributed by atoms with Crippen molar-refractivity contribution in [2.24, 2.45) is 0 Å². The summed E-state index contributed by atoms with van der Waals surface area (Å²) in [5.74, 6) is -1.06. The molecule has 0 aromatic carbocycles. The summed E-state index contributed by atoms with van der Waals surface area (Å²) in [5, 5.41) is 6.59. The van der Waals surface area contributed by atoms with Crippen molar-refractivity contribution in [3.05, 3.63) is 31.9 Å². The first kappa shape index (κ1) is 22.8. The predicted octanol–water partition coefficient (Wildman–Crippen LogP) is 5.12. The zero-order valence-corrected chi connectivity index (χ0v) is 18.9. The molecule has 1 N–H and O–H groups in total. The van der Waals surface area contributed by atoms with Crippen molar-refractivity contribution in [1.82, 2.24) is 9.78 Å². The van der Waals surface area contributed by atoms with E-state index >= 15 is 0 Å². The van der Waals surface area contributed by atoms with Gasteiger partial charge in [-0.2, -0.15) is 18.3 Å². The van der Waals surface area contributed by atoms with Crippen molar-refractivity contribution >= 4 is 44.1 Å². The summed E-state index contributed by atoms with van der Waals surface area (Å²) in [6.45, 7) is 2.94. The van der Waals surface area contributed by atoms with Crippen LogP contribution in [0.25, 0.3) is 0 Å². The number of anilines is 1. The van der Waals surface area contributed by atoms with Crippen molar-refractivity contribution in [3.8, 4) is 0 Å². The number of aryl methyl sites for hydroxylation is 1. The van der Waals surface area contributed by atoms with E-state index in [-0.39, 0.29) is 16.8 Å². The van der Waals surface area contributed by atoms with E-state index in [2.05, 4.69) is 26.3 Å². The van der Waals surface area contributed by atoms with Gasteiger partial charge in [-0.1, -0.05) is 6.42 Å². The Bertz CT molecular complexity index is 969. The third-order valence-electron chi connectivity index (χ3n) is 4.85. The fraction of sp³-hybridized carbons (Fsp3) is 0.526. The number of nitrogens with zero attached hydrogens (tertiary/aromatic N) is 2. The lowest BCUT2D eigenvalue weighted by atomic mass is 10.1. The molecule has 30 heavy (non-hydrogen) atoms. The molecule has 0 fully saturated rings. The van der Waals surface area contributed by atoms with Gasteiger partial charge in [0.25, 0.3) is 0 Å². The van der Waals surface area contributed by atoms with Crippen molar-refractivity contribution in [1.29, 1.82) is 0 Å². The van der Waals surface area contributed by atoms with E-state index in [0.29, 0.717) is 10.6 Å². The molecule has 2 aromatic heterocycles. The summed E-state index contributed by atoms with van der Waals surface area (Å²) in [6, 6.07) is 0. The molecule has 2 heterocycles. The topological polar surface area (TPSA) is 73.2 Å². The summed E-state index contributed by atoms with van der Waals surface area (Å²) in [7, 11) is 0. The number of aromatic nitrogens is 2. The number of alkyl halides is 3. The highest BCUT2D eigenvalue weighted by Crippen LogP contribution is 2.38. The molecule has 164 valence electrons. The number of ether oxygens (including phenoxy) is 1. The zero-order valence-electron chi connectivity index (χ0n) is 16.5. The largest absolute Gasteiger partial charge is 0.462 e. The molecule has 3 rings (SSSR count). The molecule has 1 aliphatic rings. The third-order valence-corrected chi connectivity index (χ3v) is 7.01. The van der Waals surface area contributed by atoms with Crippen LogP contribution in [-0.2, 0) is 35.1 Å². The van der Waals surface area contributed by atoms with Gasteiger partial charge in [0.2, 0.25) is 5.91 Å². The molecule has 2 aromatic rings. The Hall–Kier alpha value is -1.88. The van der Waals surface area contributed by atoms with Crippen LogP contribution in [0.5, 0.6) is 0 Å². The van der Waals surface area contributed by atoms with E-state index in [1.165, 1.54) is 18.3 Å². The van der Waals surface area contributed by atoms with Crippen molar-refractivity contribution < 1.29 is 27.5 Å². The summed E-state index contributed by atoms with van der Waals surface area (Å²) >= 11 is 4.23. The molecule has 0 aliphatic heterocycles. The van der Waals surface area contributed by atoms with Crippen molar-refractivity contribution in [3.63, 3.8) is 0 Å². The third kappa shape index (κ3) is 4.72. The molecule has 1 aliphatic carbocycles. The number of hydrogen-bond acceptors (Lipinski definition) is 5. The van der Waals surface area contributed by atoms with Gasteiger partial charge in [-0.25, -0.2) is 4.79 Å². The van der Waals surface area contributed by atoms with Gasteiger partial charge < -0.3 is 10.1 Å². The lowest BCUT2D eigenvalue weighted by molar-refractivity contribution is -0.142. The normalized spacial score (nSPS) is 14.2. The molecule has 0 unspecified atom stereocenters. The Kier molecular flexibility index (Phi) is 6.91. The van der Waals surface area contributed by atoms with Crippen LogP contribution >= 0.6 is 27.3 Å². The van der Waals surface area contributed by atoms with E-state index in [0.717, 1.165) is 47.2 Å². The second-order valence-electron chi connectivity index (χ2n) is 6.94. The van der Waals surface area contributed by atoms with Crippen LogP contribution in [0, 0.1) is 6.92 Å². The standard InChI is InChI=1S/C19H21BrF3N3O3S/c1-3-29-18(28)14-11-7-5-4-6-8-12(11)30-17(14)24-13(27)9-26-10(2)15(20)16(25-26)19(21,22)23/h3-9H2,1-2H3,(H,24,27). The minimum absolute atomic E-state index is 0.185. The molecule has 1 amide bonds. The molecule has 0 bridgehead atoms. The minimum Gasteiger partial charge on any atom is -0.462 e. The molecular formula is C19H21BrF3N3O3S. The fourth-order valence-electron chi connectivity index (χ4n) is 3.41. The lowest BCUT2D eigenvalue weighted by Crippen LogP contribution is -2.21. The van der Waals surface area contributed by atoms with Gasteiger partial charge in [0, 0.05) is 4.88 Å². The summed E-state index contributed by atoms with van der Waals surface area (Å²) in [6.07, 6.45) is -0.0549. The average molecular weight is 508 g/mol. The van der Waals surface area contributed by atoms with E-state index in [1.54, 1.807) is 6.92 Å². The molecule has 6 nitrogen and oxygen atoms in total. The molecule has 0 saturated carbocycles. The number of nitrogens with one attached hydrogen (secondary N) is 1. The Balaban J connectivity index is 1.86. The molecule has 0 radical (unpaired) electrons. The highest BCUT2D eigenvalue weighted by molar-refractivity contribution is 9.10. The van der Waals surface area contributed by atoms with E-state index in [4.69, 9.17) is 4.74 Å². The van der Waals surface area contributed by atoms with Gasteiger partial charge in [0.15, 0.2) is 5.69 Å². The van der Waals surface area contributed by atoms with E-state index < -0.39 is 30.3 Å². The summed E-state index contributed by atoms with van der Waals surface area (Å²) in [5.41, 5.74) is 0.373. The quantitative estimate of drug-likeness (QED) is 0.450. The number of carbonyl (C=O) groups is 2. The number of esters is 1. The number of hydrogen-bond donors (Lipinski definition) is 1. The first-order chi connectivity index (χ1) is 14.1. The monoisotopic (exact) mass is 507 g/mol. The van der Waals surface area contributed by atoms with Crippen LogP contribution in [0.1, 0.15) is 58.4 Å². The summed E-state index contributed by atoms with van der Waals surface area (Å²) in [4.78, 5) is 26.2. The van der Waals surface area contributed by atoms with Crippen LogP contribution in [0.4, 0.5) is 18.2 Å². The molecule has 0 atom stereocenters. The van der Waals surface area contributed by atoms with E-state index in [9.17, 15) is 22.8 Å². The van der Waals surface area contributed by atoms with Crippen LogP contribution in [-0.4, -0.2) is 28.3 Å². The van der Waals surface area contributed by atoms with Crippen LogP contribution in [0.2, 0.25) is 0 Å². The highest BCUT2D eigenvalue weighted by atomic mass is 79.9. The van der Waals surface area contributed by atoms with Crippen LogP contribution in [0.15, 0.2) is 4.47 Å². The minimum atomic E-state index is -4.63.